The topological polar surface area (TPSA) is 55.4 Å². The number of benzene rings is 2. The molecule has 5 heteroatoms. The molecular weight excluding hydrogens is 286 g/mol. The Morgan fingerprint density at radius 1 is 0.952 bits per heavy atom. The third-order valence-electron chi connectivity index (χ3n) is 2.66. The molecule has 0 unspecified atom stereocenters. The van der Waals surface area contributed by atoms with Crippen molar-refractivity contribution in [3.05, 3.63) is 71.6 Å². The molecule has 0 saturated heterocycles. The van der Waals surface area contributed by atoms with Crippen LogP contribution in [0.2, 0.25) is 0 Å². The predicted octanol–water partition coefficient (Wildman–Crippen LogP) is 2.66. The SMILES string of the molecule is O=S(=O)(/C=C/c1ccccc1)NCCOc1ccccc1. The summed E-state index contributed by atoms with van der Waals surface area (Å²) in [6.07, 6.45) is 1.56. The largest absolute Gasteiger partial charge is 0.492 e. The highest BCUT2D eigenvalue weighted by Gasteiger charge is 2.04. The van der Waals surface area contributed by atoms with E-state index in [2.05, 4.69) is 4.72 Å². The highest BCUT2D eigenvalue weighted by Crippen LogP contribution is 2.07. The lowest BCUT2D eigenvalue weighted by atomic mass is 10.2. The van der Waals surface area contributed by atoms with Crippen LogP contribution in [-0.4, -0.2) is 21.6 Å². The van der Waals surface area contributed by atoms with E-state index in [1.165, 1.54) is 0 Å². The van der Waals surface area contributed by atoms with Crippen LogP contribution in [0.3, 0.4) is 0 Å². The first-order valence-electron chi connectivity index (χ1n) is 6.56. The van der Waals surface area contributed by atoms with E-state index in [1.54, 1.807) is 6.08 Å². The maximum Gasteiger partial charge on any atom is 0.233 e. The first-order valence-corrected chi connectivity index (χ1v) is 8.11. The molecule has 1 N–H and O–H groups in total. The fourth-order valence-electron chi connectivity index (χ4n) is 1.65. The molecule has 110 valence electrons. The van der Waals surface area contributed by atoms with Crippen LogP contribution in [0, 0.1) is 0 Å². The molecule has 0 aromatic heterocycles. The average Bonchev–Trinajstić information content (AvgIpc) is 2.52. The summed E-state index contributed by atoms with van der Waals surface area (Å²) in [5, 5.41) is 1.16. The molecule has 0 heterocycles. The molecule has 0 spiro atoms. The number of rotatable bonds is 7. The van der Waals surface area contributed by atoms with Crippen LogP contribution in [0.25, 0.3) is 6.08 Å². The molecule has 0 amide bonds. The van der Waals surface area contributed by atoms with Crippen LogP contribution in [0.4, 0.5) is 0 Å². The quantitative estimate of drug-likeness (QED) is 0.800. The second-order valence-corrected chi connectivity index (χ2v) is 5.97. The summed E-state index contributed by atoms with van der Waals surface area (Å²) in [6.45, 7) is 0.499. The molecule has 21 heavy (non-hydrogen) atoms. The average molecular weight is 303 g/mol. The summed E-state index contributed by atoms with van der Waals surface area (Å²) in [5.74, 6) is 0.719. The van der Waals surface area contributed by atoms with Gasteiger partial charge in [0.2, 0.25) is 10.0 Å². The van der Waals surface area contributed by atoms with Gasteiger partial charge < -0.3 is 4.74 Å². The summed E-state index contributed by atoms with van der Waals surface area (Å²) >= 11 is 0. The fraction of sp³-hybridized carbons (Fsp3) is 0.125. The molecule has 2 rings (SSSR count). The minimum absolute atomic E-state index is 0.219. The summed E-state index contributed by atoms with van der Waals surface area (Å²) in [5.41, 5.74) is 0.836. The van der Waals surface area contributed by atoms with Gasteiger partial charge in [0.15, 0.2) is 0 Å². The van der Waals surface area contributed by atoms with E-state index in [0.717, 1.165) is 16.7 Å². The Balaban J connectivity index is 1.78. The van der Waals surface area contributed by atoms with Gasteiger partial charge in [-0.2, -0.15) is 0 Å². The smallest absolute Gasteiger partial charge is 0.233 e. The van der Waals surface area contributed by atoms with E-state index in [1.807, 2.05) is 60.7 Å². The van der Waals surface area contributed by atoms with Crippen molar-refractivity contribution in [3.63, 3.8) is 0 Å². The highest BCUT2D eigenvalue weighted by atomic mass is 32.2. The Morgan fingerprint density at radius 3 is 2.24 bits per heavy atom. The summed E-state index contributed by atoms with van der Waals surface area (Å²) in [7, 11) is -3.44. The van der Waals surface area contributed by atoms with Gasteiger partial charge in [-0.05, 0) is 23.8 Å². The molecule has 0 atom stereocenters. The third kappa shape index (κ3) is 5.81. The van der Waals surface area contributed by atoms with Crippen molar-refractivity contribution < 1.29 is 13.2 Å². The zero-order valence-electron chi connectivity index (χ0n) is 11.5. The highest BCUT2D eigenvalue weighted by molar-refractivity contribution is 7.92. The van der Waals surface area contributed by atoms with Gasteiger partial charge in [-0.1, -0.05) is 48.5 Å². The lowest BCUT2D eigenvalue weighted by molar-refractivity contribution is 0.323. The predicted molar refractivity (Wildman–Crippen MR) is 84.3 cm³/mol. The van der Waals surface area contributed by atoms with Crippen molar-refractivity contribution in [1.29, 1.82) is 0 Å². The molecule has 2 aromatic carbocycles. The van der Waals surface area contributed by atoms with E-state index in [9.17, 15) is 8.42 Å². The van der Waals surface area contributed by atoms with E-state index in [4.69, 9.17) is 4.74 Å². The molecular formula is C16H17NO3S. The lowest BCUT2D eigenvalue weighted by Gasteiger charge is -2.06. The van der Waals surface area contributed by atoms with Crippen LogP contribution in [0.1, 0.15) is 5.56 Å². The van der Waals surface area contributed by atoms with Gasteiger partial charge in [-0.3, -0.25) is 0 Å². The Bertz CT molecular complexity index is 667. The number of sulfonamides is 1. The number of ether oxygens (including phenoxy) is 1. The third-order valence-corrected chi connectivity index (χ3v) is 3.76. The van der Waals surface area contributed by atoms with Crippen LogP contribution < -0.4 is 9.46 Å². The number of para-hydroxylation sites is 1. The molecule has 0 aliphatic carbocycles. The Kier molecular flexibility index (Phi) is 5.54. The van der Waals surface area contributed by atoms with Gasteiger partial charge in [-0.15, -0.1) is 0 Å². The van der Waals surface area contributed by atoms with Crippen molar-refractivity contribution in [3.8, 4) is 5.75 Å². The first kappa shape index (κ1) is 15.3. The minimum atomic E-state index is -3.44. The Morgan fingerprint density at radius 2 is 1.57 bits per heavy atom. The number of nitrogens with one attached hydrogen (secondary N) is 1. The van der Waals surface area contributed by atoms with Crippen molar-refractivity contribution in [2.45, 2.75) is 0 Å². The summed E-state index contributed by atoms with van der Waals surface area (Å²) < 4.78 is 31.4. The Hall–Kier alpha value is -2.11. The van der Waals surface area contributed by atoms with E-state index >= 15 is 0 Å². The van der Waals surface area contributed by atoms with Crippen molar-refractivity contribution >= 4 is 16.1 Å². The van der Waals surface area contributed by atoms with Gasteiger partial charge in [0.1, 0.15) is 12.4 Å². The molecule has 0 bridgehead atoms. The fourth-order valence-corrected chi connectivity index (χ4v) is 2.45. The molecule has 0 saturated carbocycles. The molecule has 4 nitrogen and oxygen atoms in total. The molecule has 0 aliphatic rings. The summed E-state index contributed by atoms with van der Waals surface area (Å²) in [4.78, 5) is 0. The summed E-state index contributed by atoms with van der Waals surface area (Å²) in [6, 6.07) is 18.5. The van der Waals surface area contributed by atoms with E-state index in [0.29, 0.717) is 0 Å². The van der Waals surface area contributed by atoms with Crippen molar-refractivity contribution in [2.75, 3.05) is 13.2 Å². The van der Waals surface area contributed by atoms with Gasteiger partial charge in [-0.25, -0.2) is 13.1 Å². The van der Waals surface area contributed by atoms with Crippen molar-refractivity contribution in [2.24, 2.45) is 0 Å². The van der Waals surface area contributed by atoms with Gasteiger partial charge in [0, 0.05) is 12.0 Å². The lowest BCUT2D eigenvalue weighted by Crippen LogP contribution is -2.26. The zero-order valence-corrected chi connectivity index (χ0v) is 12.3. The van der Waals surface area contributed by atoms with Crippen molar-refractivity contribution in [1.82, 2.24) is 4.72 Å². The zero-order chi connectivity index (χ0) is 15.0. The molecule has 0 fully saturated rings. The van der Waals surface area contributed by atoms with Crippen LogP contribution in [0.5, 0.6) is 5.75 Å². The second-order valence-electron chi connectivity index (χ2n) is 4.31. The minimum Gasteiger partial charge on any atom is -0.492 e. The van der Waals surface area contributed by atoms with E-state index < -0.39 is 10.0 Å². The molecule has 2 aromatic rings. The molecule has 0 aliphatic heterocycles. The first-order chi connectivity index (χ1) is 10.2. The van der Waals surface area contributed by atoms with Gasteiger partial charge in [0.05, 0.1) is 0 Å². The second kappa shape index (κ2) is 7.61. The molecule has 0 radical (unpaired) electrons. The monoisotopic (exact) mass is 303 g/mol. The maximum atomic E-state index is 11.8. The van der Waals surface area contributed by atoms with Gasteiger partial charge >= 0.3 is 0 Å². The number of hydrogen-bond acceptors (Lipinski definition) is 3. The van der Waals surface area contributed by atoms with Crippen LogP contribution in [-0.2, 0) is 10.0 Å². The number of hydrogen-bond donors (Lipinski definition) is 1. The normalized spacial score (nSPS) is 11.6. The van der Waals surface area contributed by atoms with Gasteiger partial charge in [0.25, 0.3) is 0 Å². The standard InChI is InChI=1S/C16H17NO3S/c18-21(19,14-11-15-7-3-1-4-8-15)17-12-13-20-16-9-5-2-6-10-16/h1-11,14,17H,12-13H2/b14-11+. The van der Waals surface area contributed by atoms with E-state index in [-0.39, 0.29) is 13.2 Å². The Labute approximate surface area is 125 Å². The van der Waals surface area contributed by atoms with Crippen LogP contribution in [0.15, 0.2) is 66.1 Å². The van der Waals surface area contributed by atoms with Crippen LogP contribution >= 0.6 is 0 Å². The maximum absolute atomic E-state index is 11.8.